The number of likely N-dealkylation sites (tertiary alicyclic amines) is 1. The molecule has 2 rings (SSSR count). The first-order chi connectivity index (χ1) is 10.0. The second kappa shape index (κ2) is 7.25. The number of hydrogen-bond donors (Lipinski definition) is 1. The fraction of sp³-hybridized carbons (Fsp3) is 0.647. The van der Waals surface area contributed by atoms with E-state index in [4.69, 9.17) is 4.74 Å². The van der Waals surface area contributed by atoms with Gasteiger partial charge in [-0.1, -0.05) is 12.1 Å². The average molecular weight is 292 g/mol. The smallest absolute Gasteiger partial charge is 0.118 e. The molecule has 3 unspecified atom stereocenters. The van der Waals surface area contributed by atoms with Crippen LogP contribution in [0, 0.1) is 0 Å². The van der Waals surface area contributed by atoms with Crippen molar-refractivity contribution in [3.63, 3.8) is 0 Å². The average Bonchev–Trinajstić information content (AvgIpc) is 2.53. The Bertz CT molecular complexity index is 433. The molecule has 0 saturated carbocycles. The maximum Gasteiger partial charge on any atom is 0.118 e. The van der Waals surface area contributed by atoms with Crippen LogP contribution < -0.4 is 4.74 Å². The van der Waals surface area contributed by atoms with E-state index in [1.807, 2.05) is 24.3 Å². The van der Waals surface area contributed by atoms with Crippen LogP contribution in [0.15, 0.2) is 24.3 Å². The first kappa shape index (κ1) is 16.3. The van der Waals surface area contributed by atoms with E-state index >= 15 is 0 Å². The SMILES string of the molecule is COc1ccc(C(O)C(C)N2CCCC(N(C)C)C2)cc1. The lowest BCUT2D eigenvalue weighted by Crippen LogP contribution is -2.49. The molecule has 118 valence electrons. The fourth-order valence-electron chi connectivity index (χ4n) is 3.05. The van der Waals surface area contributed by atoms with Crippen molar-refractivity contribution < 1.29 is 9.84 Å². The molecular formula is C17H28N2O2. The Labute approximate surface area is 128 Å². The molecule has 0 spiro atoms. The monoisotopic (exact) mass is 292 g/mol. The summed E-state index contributed by atoms with van der Waals surface area (Å²) >= 11 is 0. The van der Waals surface area contributed by atoms with Gasteiger partial charge in [0.1, 0.15) is 5.75 Å². The molecule has 1 fully saturated rings. The van der Waals surface area contributed by atoms with Crippen molar-refractivity contribution in [3.8, 4) is 5.75 Å². The molecule has 4 heteroatoms. The van der Waals surface area contributed by atoms with E-state index in [9.17, 15) is 5.11 Å². The minimum atomic E-state index is -0.461. The Hall–Kier alpha value is -1.10. The standard InChI is InChI=1S/C17H28N2O2/c1-13(19-11-5-6-15(12-19)18(2)3)17(20)14-7-9-16(21-4)10-8-14/h7-10,13,15,17,20H,5-6,11-12H2,1-4H3. The Kier molecular flexibility index (Phi) is 5.62. The highest BCUT2D eigenvalue weighted by atomic mass is 16.5. The van der Waals surface area contributed by atoms with Crippen molar-refractivity contribution >= 4 is 0 Å². The summed E-state index contributed by atoms with van der Waals surface area (Å²) in [5.74, 6) is 0.823. The summed E-state index contributed by atoms with van der Waals surface area (Å²) in [5.41, 5.74) is 0.954. The summed E-state index contributed by atoms with van der Waals surface area (Å²) in [6, 6.07) is 8.43. The van der Waals surface area contributed by atoms with Gasteiger partial charge >= 0.3 is 0 Å². The Morgan fingerprint density at radius 2 is 1.95 bits per heavy atom. The summed E-state index contributed by atoms with van der Waals surface area (Å²) in [6.07, 6.45) is 1.98. The van der Waals surface area contributed by atoms with Crippen molar-refractivity contribution in [2.24, 2.45) is 0 Å². The Balaban J connectivity index is 2.02. The van der Waals surface area contributed by atoms with Gasteiger partial charge in [0.05, 0.1) is 13.2 Å². The lowest BCUT2D eigenvalue weighted by atomic mass is 9.98. The molecule has 1 N–H and O–H groups in total. The molecule has 0 aromatic heterocycles. The molecule has 4 nitrogen and oxygen atoms in total. The lowest BCUT2D eigenvalue weighted by Gasteiger charge is -2.40. The number of nitrogens with zero attached hydrogens (tertiary/aromatic N) is 2. The van der Waals surface area contributed by atoms with Gasteiger partial charge < -0.3 is 14.7 Å². The van der Waals surface area contributed by atoms with Crippen LogP contribution in [0.3, 0.4) is 0 Å². The van der Waals surface area contributed by atoms with E-state index in [0.29, 0.717) is 6.04 Å². The number of hydrogen-bond acceptors (Lipinski definition) is 4. The molecule has 1 heterocycles. The number of aliphatic hydroxyl groups excluding tert-OH is 1. The summed E-state index contributed by atoms with van der Waals surface area (Å²) < 4.78 is 5.17. The van der Waals surface area contributed by atoms with Crippen molar-refractivity contribution in [2.75, 3.05) is 34.3 Å². The highest BCUT2D eigenvalue weighted by molar-refractivity contribution is 5.29. The molecule has 1 aliphatic rings. The third-order valence-electron chi connectivity index (χ3n) is 4.65. The van der Waals surface area contributed by atoms with Crippen LogP contribution in [0.25, 0.3) is 0 Å². The van der Waals surface area contributed by atoms with Gasteiger partial charge in [-0.3, -0.25) is 4.90 Å². The zero-order chi connectivity index (χ0) is 15.4. The third-order valence-corrected chi connectivity index (χ3v) is 4.65. The third kappa shape index (κ3) is 3.96. The van der Waals surface area contributed by atoms with Crippen molar-refractivity contribution in [1.29, 1.82) is 0 Å². The molecule has 0 amide bonds. The highest BCUT2D eigenvalue weighted by Gasteiger charge is 2.28. The molecule has 1 saturated heterocycles. The molecule has 1 aliphatic heterocycles. The van der Waals surface area contributed by atoms with Crippen molar-refractivity contribution in [1.82, 2.24) is 9.80 Å². The first-order valence-corrected chi connectivity index (χ1v) is 7.75. The van der Waals surface area contributed by atoms with E-state index in [0.717, 1.165) is 24.4 Å². The lowest BCUT2D eigenvalue weighted by molar-refractivity contribution is 0.0253. The van der Waals surface area contributed by atoms with Gasteiger partial charge in [0.15, 0.2) is 0 Å². The maximum absolute atomic E-state index is 10.6. The predicted octanol–water partition coefficient (Wildman–Crippen LogP) is 2.14. The zero-order valence-corrected chi connectivity index (χ0v) is 13.6. The molecule has 0 bridgehead atoms. The minimum absolute atomic E-state index is 0.126. The van der Waals surface area contributed by atoms with E-state index in [1.54, 1.807) is 7.11 Å². The second-order valence-corrected chi connectivity index (χ2v) is 6.21. The summed E-state index contributed by atoms with van der Waals surface area (Å²) in [7, 11) is 5.93. The van der Waals surface area contributed by atoms with Crippen LogP contribution in [0.5, 0.6) is 5.75 Å². The predicted molar refractivity (Wildman–Crippen MR) is 85.7 cm³/mol. The van der Waals surface area contributed by atoms with Gasteiger partial charge in [-0.25, -0.2) is 0 Å². The van der Waals surface area contributed by atoms with Gasteiger partial charge in [0.25, 0.3) is 0 Å². The normalized spacial score (nSPS) is 23.0. The summed E-state index contributed by atoms with van der Waals surface area (Å²) in [6.45, 7) is 4.22. The van der Waals surface area contributed by atoms with Gasteiger partial charge in [0, 0.05) is 18.6 Å². The van der Waals surface area contributed by atoms with Crippen LogP contribution >= 0.6 is 0 Å². The topological polar surface area (TPSA) is 35.9 Å². The van der Waals surface area contributed by atoms with Gasteiger partial charge in [0.2, 0.25) is 0 Å². The van der Waals surface area contributed by atoms with Gasteiger partial charge in [-0.15, -0.1) is 0 Å². The van der Waals surface area contributed by atoms with Gasteiger partial charge in [-0.05, 0) is 58.1 Å². The molecule has 0 aliphatic carbocycles. The molecule has 1 aromatic rings. The molecule has 3 atom stereocenters. The largest absolute Gasteiger partial charge is 0.497 e. The Morgan fingerprint density at radius 3 is 2.52 bits per heavy atom. The van der Waals surface area contributed by atoms with Crippen LogP contribution in [-0.4, -0.2) is 61.3 Å². The number of aliphatic hydroxyl groups is 1. The number of methoxy groups -OCH3 is 1. The number of likely N-dealkylation sites (N-methyl/N-ethyl adjacent to an activating group) is 1. The zero-order valence-electron chi connectivity index (χ0n) is 13.6. The quantitative estimate of drug-likeness (QED) is 0.902. The molecular weight excluding hydrogens is 264 g/mol. The van der Waals surface area contributed by atoms with Gasteiger partial charge in [-0.2, -0.15) is 0 Å². The number of ether oxygens (including phenoxy) is 1. The Morgan fingerprint density at radius 1 is 1.29 bits per heavy atom. The number of rotatable bonds is 5. The molecule has 1 aromatic carbocycles. The van der Waals surface area contributed by atoms with Crippen LogP contribution in [-0.2, 0) is 0 Å². The molecule has 0 radical (unpaired) electrons. The van der Waals surface area contributed by atoms with Crippen LogP contribution in [0.2, 0.25) is 0 Å². The van der Waals surface area contributed by atoms with E-state index in [1.165, 1.54) is 12.8 Å². The number of piperidine rings is 1. The first-order valence-electron chi connectivity index (χ1n) is 7.75. The van der Waals surface area contributed by atoms with Crippen LogP contribution in [0.4, 0.5) is 0 Å². The van der Waals surface area contributed by atoms with E-state index in [2.05, 4.69) is 30.8 Å². The minimum Gasteiger partial charge on any atom is -0.497 e. The highest BCUT2D eigenvalue weighted by Crippen LogP contribution is 2.26. The van der Waals surface area contributed by atoms with Crippen LogP contribution in [0.1, 0.15) is 31.4 Å². The van der Waals surface area contributed by atoms with E-state index < -0.39 is 6.10 Å². The number of benzene rings is 1. The van der Waals surface area contributed by atoms with Crippen molar-refractivity contribution in [3.05, 3.63) is 29.8 Å². The second-order valence-electron chi connectivity index (χ2n) is 6.21. The summed E-state index contributed by atoms with van der Waals surface area (Å²) in [4.78, 5) is 4.70. The molecule has 21 heavy (non-hydrogen) atoms. The maximum atomic E-state index is 10.6. The fourth-order valence-corrected chi connectivity index (χ4v) is 3.05. The van der Waals surface area contributed by atoms with Crippen molar-refractivity contribution in [2.45, 2.75) is 38.0 Å². The van der Waals surface area contributed by atoms with E-state index in [-0.39, 0.29) is 6.04 Å². The summed E-state index contributed by atoms with van der Waals surface area (Å²) in [5, 5.41) is 10.6.